The fraction of sp³-hybridized carbons (Fsp3) is 0.571. The lowest BCUT2D eigenvalue weighted by Crippen LogP contribution is -2.53. The Morgan fingerprint density at radius 3 is 2.68 bits per heavy atom. The maximum Gasteiger partial charge on any atom is 0.128 e. The zero-order valence-corrected chi connectivity index (χ0v) is 11.9. The second-order valence-electron chi connectivity index (χ2n) is 4.42. The second kappa shape index (κ2) is 6.98. The van der Waals surface area contributed by atoms with Crippen molar-refractivity contribution in [2.75, 3.05) is 27.4 Å². The van der Waals surface area contributed by atoms with E-state index in [0.717, 1.165) is 17.9 Å². The molecule has 3 atom stereocenters. The van der Waals surface area contributed by atoms with Gasteiger partial charge in [-0.1, -0.05) is 6.07 Å². The molecule has 0 aromatic heterocycles. The van der Waals surface area contributed by atoms with E-state index in [1.54, 1.807) is 14.2 Å². The van der Waals surface area contributed by atoms with E-state index in [0.29, 0.717) is 13.2 Å². The summed E-state index contributed by atoms with van der Waals surface area (Å²) in [6, 6.07) is 7.53. The molecular weight excluding hydrogens is 268 g/mol. The molecule has 1 aromatic rings. The molecule has 0 radical (unpaired) electrons. The highest BCUT2D eigenvalue weighted by molar-refractivity contribution is 6.21. The van der Waals surface area contributed by atoms with Crippen LogP contribution in [0.1, 0.15) is 6.42 Å². The van der Waals surface area contributed by atoms with Crippen molar-refractivity contribution in [3.05, 3.63) is 24.3 Å². The Kier molecular flexibility index (Phi) is 5.31. The average molecular weight is 287 g/mol. The third-order valence-corrected chi connectivity index (χ3v) is 3.53. The van der Waals surface area contributed by atoms with Crippen molar-refractivity contribution in [1.82, 2.24) is 0 Å². The summed E-state index contributed by atoms with van der Waals surface area (Å²) < 4.78 is 21.7. The van der Waals surface area contributed by atoms with Gasteiger partial charge in [0.05, 0.1) is 25.7 Å². The van der Waals surface area contributed by atoms with Crippen LogP contribution in [-0.2, 0) is 9.47 Å². The molecule has 5 heteroatoms. The van der Waals surface area contributed by atoms with Crippen molar-refractivity contribution < 1.29 is 18.9 Å². The third-order valence-electron chi connectivity index (χ3n) is 3.11. The first-order valence-electron chi connectivity index (χ1n) is 6.30. The van der Waals surface area contributed by atoms with Crippen molar-refractivity contribution in [2.45, 2.75) is 24.0 Å². The molecule has 1 fully saturated rings. The predicted octanol–water partition coefficient (Wildman–Crippen LogP) is 2.49. The van der Waals surface area contributed by atoms with Crippen LogP contribution in [0.5, 0.6) is 11.5 Å². The molecule has 0 spiro atoms. The van der Waals surface area contributed by atoms with E-state index in [2.05, 4.69) is 0 Å². The standard InChI is InChI=1S/C14H19ClO4/c1-16-6-7-18-14-12(15)9-13(14)19-11-5-3-4-10(8-11)17-2/h3-5,8,12-14H,6-7,9H2,1-2H3. The van der Waals surface area contributed by atoms with Gasteiger partial charge in [0.2, 0.25) is 0 Å². The molecule has 4 nitrogen and oxygen atoms in total. The normalized spacial score (nSPS) is 25.7. The number of halogens is 1. The topological polar surface area (TPSA) is 36.9 Å². The highest BCUT2D eigenvalue weighted by atomic mass is 35.5. The Balaban J connectivity index is 1.87. The van der Waals surface area contributed by atoms with Crippen LogP contribution in [0.4, 0.5) is 0 Å². The van der Waals surface area contributed by atoms with Gasteiger partial charge in [-0.3, -0.25) is 0 Å². The summed E-state index contributed by atoms with van der Waals surface area (Å²) in [5.74, 6) is 1.55. The van der Waals surface area contributed by atoms with Crippen LogP contribution in [0.15, 0.2) is 24.3 Å². The molecule has 1 saturated carbocycles. The van der Waals surface area contributed by atoms with Gasteiger partial charge in [0.15, 0.2) is 0 Å². The first-order valence-corrected chi connectivity index (χ1v) is 6.73. The van der Waals surface area contributed by atoms with E-state index in [1.807, 2.05) is 24.3 Å². The quantitative estimate of drug-likeness (QED) is 0.570. The van der Waals surface area contributed by atoms with Gasteiger partial charge in [-0.2, -0.15) is 0 Å². The molecule has 0 amide bonds. The zero-order valence-electron chi connectivity index (χ0n) is 11.2. The van der Waals surface area contributed by atoms with Crippen molar-refractivity contribution in [3.8, 4) is 11.5 Å². The monoisotopic (exact) mass is 286 g/mol. The van der Waals surface area contributed by atoms with Crippen LogP contribution in [-0.4, -0.2) is 45.0 Å². The van der Waals surface area contributed by atoms with Crippen LogP contribution >= 0.6 is 11.6 Å². The molecule has 0 heterocycles. The van der Waals surface area contributed by atoms with E-state index >= 15 is 0 Å². The number of methoxy groups -OCH3 is 2. The minimum atomic E-state index is -0.0805. The molecule has 106 valence electrons. The lowest BCUT2D eigenvalue weighted by molar-refractivity contribution is -0.0898. The van der Waals surface area contributed by atoms with Crippen LogP contribution in [0, 0.1) is 0 Å². The Morgan fingerprint density at radius 1 is 1.21 bits per heavy atom. The number of hydrogen-bond donors (Lipinski definition) is 0. The highest BCUT2D eigenvalue weighted by Gasteiger charge is 2.42. The molecule has 0 N–H and O–H groups in total. The number of alkyl halides is 1. The van der Waals surface area contributed by atoms with Crippen molar-refractivity contribution >= 4 is 11.6 Å². The Morgan fingerprint density at radius 2 is 2.00 bits per heavy atom. The van der Waals surface area contributed by atoms with Crippen LogP contribution < -0.4 is 9.47 Å². The molecule has 0 bridgehead atoms. The van der Waals surface area contributed by atoms with Crippen LogP contribution in [0.25, 0.3) is 0 Å². The number of hydrogen-bond acceptors (Lipinski definition) is 4. The molecule has 1 aromatic carbocycles. The van der Waals surface area contributed by atoms with Crippen molar-refractivity contribution in [3.63, 3.8) is 0 Å². The molecule has 2 rings (SSSR count). The SMILES string of the molecule is COCCOC1C(Cl)CC1Oc1cccc(OC)c1. The minimum Gasteiger partial charge on any atom is -0.497 e. The van der Waals surface area contributed by atoms with E-state index in [-0.39, 0.29) is 17.6 Å². The number of rotatable bonds is 7. The molecular formula is C14H19ClO4. The third kappa shape index (κ3) is 3.75. The van der Waals surface area contributed by atoms with Gasteiger partial charge < -0.3 is 18.9 Å². The first kappa shape index (κ1) is 14.4. The van der Waals surface area contributed by atoms with Gasteiger partial charge in [-0.15, -0.1) is 11.6 Å². The van der Waals surface area contributed by atoms with Gasteiger partial charge in [0.25, 0.3) is 0 Å². The predicted molar refractivity (Wildman–Crippen MR) is 73.3 cm³/mol. The maximum absolute atomic E-state index is 6.14. The highest BCUT2D eigenvalue weighted by Crippen LogP contribution is 2.33. The van der Waals surface area contributed by atoms with E-state index < -0.39 is 0 Å². The van der Waals surface area contributed by atoms with Gasteiger partial charge in [-0.25, -0.2) is 0 Å². The largest absolute Gasteiger partial charge is 0.497 e. The minimum absolute atomic E-state index is 0.00691. The van der Waals surface area contributed by atoms with Crippen LogP contribution in [0.3, 0.4) is 0 Å². The van der Waals surface area contributed by atoms with Gasteiger partial charge >= 0.3 is 0 Å². The summed E-state index contributed by atoms with van der Waals surface area (Å²) in [5, 5.41) is 0.00691. The summed E-state index contributed by atoms with van der Waals surface area (Å²) in [5.41, 5.74) is 0. The lowest BCUT2D eigenvalue weighted by Gasteiger charge is -2.40. The number of benzene rings is 1. The van der Waals surface area contributed by atoms with E-state index in [4.69, 9.17) is 30.5 Å². The summed E-state index contributed by atoms with van der Waals surface area (Å²) in [6.07, 6.45) is 0.700. The molecule has 0 saturated heterocycles. The zero-order chi connectivity index (χ0) is 13.7. The van der Waals surface area contributed by atoms with Gasteiger partial charge in [0.1, 0.15) is 23.7 Å². The first-order chi connectivity index (χ1) is 9.24. The fourth-order valence-corrected chi connectivity index (χ4v) is 2.38. The van der Waals surface area contributed by atoms with Crippen LogP contribution in [0.2, 0.25) is 0 Å². The van der Waals surface area contributed by atoms with E-state index in [9.17, 15) is 0 Å². The molecule has 19 heavy (non-hydrogen) atoms. The van der Waals surface area contributed by atoms with Crippen molar-refractivity contribution in [1.29, 1.82) is 0 Å². The second-order valence-corrected chi connectivity index (χ2v) is 4.98. The molecule has 1 aliphatic rings. The summed E-state index contributed by atoms with van der Waals surface area (Å²) in [7, 11) is 3.28. The lowest BCUT2D eigenvalue weighted by atomic mass is 9.91. The van der Waals surface area contributed by atoms with Gasteiger partial charge in [0, 0.05) is 19.6 Å². The van der Waals surface area contributed by atoms with Crippen molar-refractivity contribution in [2.24, 2.45) is 0 Å². The Labute approximate surface area is 118 Å². The Bertz CT molecular complexity index is 399. The smallest absolute Gasteiger partial charge is 0.128 e. The maximum atomic E-state index is 6.14. The fourth-order valence-electron chi connectivity index (χ4n) is 1.97. The number of ether oxygens (including phenoxy) is 4. The molecule has 0 aliphatic heterocycles. The summed E-state index contributed by atoms with van der Waals surface area (Å²) in [6.45, 7) is 1.09. The summed E-state index contributed by atoms with van der Waals surface area (Å²) >= 11 is 6.14. The average Bonchev–Trinajstić information content (AvgIpc) is 2.43. The van der Waals surface area contributed by atoms with Gasteiger partial charge in [-0.05, 0) is 12.1 Å². The molecule has 3 unspecified atom stereocenters. The van der Waals surface area contributed by atoms with E-state index in [1.165, 1.54) is 0 Å². The Hall–Kier alpha value is -0.970. The summed E-state index contributed by atoms with van der Waals surface area (Å²) in [4.78, 5) is 0. The molecule has 1 aliphatic carbocycles.